The third-order valence-electron chi connectivity index (χ3n) is 7.85. The van der Waals surface area contributed by atoms with E-state index >= 15 is 0 Å². The van der Waals surface area contributed by atoms with Crippen LogP contribution in [0.3, 0.4) is 0 Å². The zero-order chi connectivity index (χ0) is 34.5. The molecule has 0 fully saturated rings. The van der Waals surface area contributed by atoms with E-state index in [0.717, 1.165) is 11.1 Å². The molecule has 5 aromatic rings. The molecule has 0 unspecified atom stereocenters. The second kappa shape index (κ2) is 14.4. The Morgan fingerprint density at radius 2 is 1.67 bits per heavy atom. The zero-order valence-electron chi connectivity index (χ0n) is 26.9. The Labute approximate surface area is 285 Å². The quantitative estimate of drug-likeness (QED) is 0.189. The van der Waals surface area contributed by atoms with Crippen molar-refractivity contribution >= 4 is 35.0 Å². The molecule has 0 bridgehead atoms. The number of benzene rings is 4. The lowest BCUT2D eigenvalue weighted by Gasteiger charge is -2.26. The van der Waals surface area contributed by atoms with Gasteiger partial charge in [-0.05, 0) is 66.1 Å². The van der Waals surface area contributed by atoms with Gasteiger partial charge in [-0.25, -0.2) is 14.6 Å². The van der Waals surface area contributed by atoms with Crippen molar-refractivity contribution in [1.82, 2.24) is 4.57 Å². The van der Waals surface area contributed by atoms with Gasteiger partial charge in [0.15, 0.2) is 16.3 Å². The molecule has 4 aromatic carbocycles. The van der Waals surface area contributed by atoms with Crippen molar-refractivity contribution in [1.29, 1.82) is 0 Å². The highest BCUT2D eigenvalue weighted by molar-refractivity contribution is 7.07. The first-order valence-electron chi connectivity index (χ1n) is 15.4. The number of hydrogen-bond acceptors (Lipinski definition) is 9. The van der Waals surface area contributed by atoms with Gasteiger partial charge in [0.25, 0.3) is 5.56 Å². The van der Waals surface area contributed by atoms with Crippen LogP contribution in [-0.2, 0) is 16.1 Å². The van der Waals surface area contributed by atoms with Crippen molar-refractivity contribution < 1.29 is 33.6 Å². The van der Waals surface area contributed by atoms with Crippen molar-refractivity contribution in [3.8, 4) is 17.2 Å². The van der Waals surface area contributed by atoms with Gasteiger partial charge < -0.3 is 24.1 Å². The van der Waals surface area contributed by atoms with Gasteiger partial charge in [0.1, 0.15) is 12.4 Å². The van der Waals surface area contributed by atoms with E-state index in [1.54, 1.807) is 61.5 Å². The summed E-state index contributed by atoms with van der Waals surface area (Å²) in [6.07, 6.45) is 1.77. The number of aromatic nitrogens is 1. The van der Waals surface area contributed by atoms with Crippen LogP contribution in [0.1, 0.15) is 45.6 Å². The zero-order valence-corrected chi connectivity index (χ0v) is 27.7. The van der Waals surface area contributed by atoms with Gasteiger partial charge in [-0.3, -0.25) is 9.36 Å². The summed E-state index contributed by atoms with van der Waals surface area (Å²) in [5, 5.41) is 9.25. The largest absolute Gasteiger partial charge is 0.493 e. The molecule has 0 saturated heterocycles. The van der Waals surface area contributed by atoms with Gasteiger partial charge >= 0.3 is 11.9 Å². The average Bonchev–Trinajstić information content (AvgIpc) is 3.44. The number of esters is 1. The number of fused-ring (bicyclic) bond motifs is 1. The van der Waals surface area contributed by atoms with Crippen molar-refractivity contribution in [3.63, 3.8) is 0 Å². The Balaban J connectivity index is 1.43. The molecule has 1 N–H and O–H groups in total. The minimum absolute atomic E-state index is 0.141. The van der Waals surface area contributed by atoms with Crippen LogP contribution in [0.15, 0.2) is 112 Å². The predicted octanol–water partition coefficient (Wildman–Crippen LogP) is 5.23. The van der Waals surface area contributed by atoms with E-state index in [-0.39, 0.29) is 29.9 Å². The average molecular weight is 677 g/mol. The summed E-state index contributed by atoms with van der Waals surface area (Å²) < 4.78 is 24.4. The fraction of sp³-hybridized carbons (Fsp3) is 0.158. The number of carbonyl (C=O) groups excluding carboxylic acids is 1. The number of methoxy groups -OCH3 is 2. The summed E-state index contributed by atoms with van der Waals surface area (Å²) in [5.74, 6) is -0.0472. The van der Waals surface area contributed by atoms with Crippen molar-refractivity contribution in [2.75, 3.05) is 20.8 Å². The Bertz CT molecular complexity index is 2240. The number of aromatic carboxylic acids is 1. The highest BCUT2D eigenvalue weighted by atomic mass is 32.1. The van der Waals surface area contributed by atoms with Crippen molar-refractivity contribution in [3.05, 3.63) is 150 Å². The second-order valence-corrected chi connectivity index (χ2v) is 11.9. The molecule has 0 radical (unpaired) electrons. The molecule has 1 aliphatic rings. The SMILES string of the molecule is CCOC(=O)C1=C(c2ccccc2)N=c2s/c(=C\c3ccc(OCc4cccc(C(=O)O)c4)cc3)c(=O)n2[C@H]1c1ccc(OC)c(OC)c1. The second-order valence-electron chi connectivity index (χ2n) is 10.9. The molecule has 2 heterocycles. The molecule has 0 aliphatic carbocycles. The molecule has 1 aliphatic heterocycles. The summed E-state index contributed by atoms with van der Waals surface area (Å²) >= 11 is 1.22. The van der Waals surface area contributed by atoms with Crippen LogP contribution in [0.4, 0.5) is 0 Å². The predicted molar refractivity (Wildman–Crippen MR) is 185 cm³/mol. The Morgan fingerprint density at radius 3 is 2.37 bits per heavy atom. The van der Waals surface area contributed by atoms with Crippen molar-refractivity contribution in [2.45, 2.75) is 19.6 Å². The van der Waals surface area contributed by atoms with E-state index in [9.17, 15) is 19.5 Å². The number of rotatable bonds is 11. The van der Waals surface area contributed by atoms with Crippen LogP contribution in [0.2, 0.25) is 0 Å². The summed E-state index contributed by atoms with van der Waals surface area (Å²) in [5.41, 5.74) is 3.32. The van der Waals surface area contributed by atoms with Gasteiger partial charge in [-0.2, -0.15) is 0 Å². The fourth-order valence-electron chi connectivity index (χ4n) is 5.55. The van der Waals surface area contributed by atoms with E-state index in [4.69, 9.17) is 23.9 Å². The Kier molecular flexibility index (Phi) is 9.72. The van der Waals surface area contributed by atoms with E-state index in [0.29, 0.717) is 43.4 Å². The maximum atomic E-state index is 14.2. The number of thiazole rings is 1. The molecule has 11 heteroatoms. The van der Waals surface area contributed by atoms with Gasteiger partial charge in [0, 0.05) is 5.56 Å². The first-order chi connectivity index (χ1) is 23.8. The highest BCUT2D eigenvalue weighted by Gasteiger charge is 2.35. The smallest absolute Gasteiger partial charge is 0.338 e. The van der Waals surface area contributed by atoms with Crippen LogP contribution in [0.25, 0.3) is 11.8 Å². The van der Waals surface area contributed by atoms with Crippen LogP contribution in [-0.4, -0.2) is 42.4 Å². The van der Waals surface area contributed by atoms with Gasteiger partial charge in [0.05, 0.1) is 48.2 Å². The molecule has 0 amide bonds. The van der Waals surface area contributed by atoms with Crippen molar-refractivity contribution in [2.24, 2.45) is 4.99 Å². The van der Waals surface area contributed by atoms with Crippen LogP contribution < -0.4 is 29.1 Å². The van der Waals surface area contributed by atoms with Gasteiger partial charge in [-0.15, -0.1) is 0 Å². The molecule has 1 aromatic heterocycles. The lowest BCUT2D eigenvalue weighted by atomic mass is 9.93. The standard InChI is InChI=1S/C38H32N2O8S/c1-4-47-37(44)32-33(25-10-6-5-7-11-25)39-38-40(34(32)26-15-18-29(45-2)30(21-26)46-3)35(41)31(49-38)20-23-13-16-28(17-14-23)48-22-24-9-8-12-27(19-24)36(42)43/h5-21,34H,4,22H2,1-3H3,(H,42,43)/b31-20-/t34-/m0/s1. The number of carboxylic acids is 1. The lowest BCUT2D eigenvalue weighted by molar-refractivity contribution is -0.138. The summed E-state index contributed by atoms with van der Waals surface area (Å²) in [6.45, 7) is 2.07. The Hall–Kier alpha value is -5.94. The van der Waals surface area contributed by atoms with E-state index in [2.05, 4.69) is 0 Å². The monoisotopic (exact) mass is 676 g/mol. The first kappa shape index (κ1) is 33.0. The van der Waals surface area contributed by atoms with Crippen LogP contribution >= 0.6 is 11.3 Å². The normalized spacial score (nSPS) is 14.1. The van der Waals surface area contributed by atoms with Gasteiger partial charge in [0.2, 0.25) is 0 Å². The number of carboxylic acid groups (broad SMARTS) is 1. The summed E-state index contributed by atoms with van der Waals surface area (Å²) in [7, 11) is 3.06. The molecule has 248 valence electrons. The minimum Gasteiger partial charge on any atom is -0.493 e. The van der Waals surface area contributed by atoms with Crippen LogP contribution in [0, 0.1) is 0 Å². The van der Waals surface area contributed by atoms with E-state index in [1.165, 1.54) is 36.2 Å². The van der Waals surface area contributed by atoms with Crippen LogP contribution in [0.5, 0.6) is 17.2 Å². The lowest BCUT2D eigenvalue weighted by Crippen LogP contribution is -2.40. The summed E-state index contributed by atoms with van der Waals surface area (Å²) in [4.78, 5) is 44.6. The highest BCUT2D eigenvalue weighted by Crippen LogP contribution is 2.38. The molecule has 0 saturated carbocycles. The number of carbonyl (C=O) groups is 2. The minimum atomic E-state index is -1.00. The third kappa shape index (κ3) is 6.88. The van der Waals surface area contributed by atoms with Gasteiger partial charge in [-0.1, -0.05) is 72.0 Å². The third-order valence-corrected chi connectivity index (χ3v) is 8.84. The molecule has 6 rings (SSSR count). The maximum Gasteiger partial charge on any atom is 0.338 e. The Morgan fingerprint density at radius 1 is 0.918 bits per heavy atom. The molecule has 10 nitrogen and oxygen atoms in total. The molecule has 49 heavy (non-hydrogen) atoms. The number of hydrogen-bond donors (Lipinski definition) is 1. The first-order valence-corrected chi connectivity index (χ1v) is 16.2. The fourth-order valence-corrected chi connectivity index (χ4v) is 6.55. The topological polar surface area (TPSA) is 126 Å². The molecule has 0 spiro atoms. The number of nitrogens with zero attached hydrogens (tertiary/aromatic N) is 2. The maximum absolute atomic E-state index is 14.2. The molecule has 1 atom stereocenters. The number of ether oxygens (including phenoxy) is 4. The molecular formula is C38H32N2O8S. The van der Waals surface area contributed by atoms with E-state index in [1.807, 2.05) is 42.5 Å². The molecular weight excluding hydrogens is 644 g/mol. The van der Waals surface area contributed by atoms with E-state index < -0.39 is 18.0 Å². The summed E-state index contributed by atoms with van der Waals surface area (Å²) in [6, 6.07) is 27.5.